The predicted molar refractivity (Wildman–Crippen MR) is 113 cm³/mol. The Hall–Kier alpha value is -3.41. The lowest BCUT2D eigenvalue weighted by atomic mass is 9.81. The molecule has 0 fully saturated rings. The van der Waals surface area contributed by atoms with Gasteiger partial charge in [-0.2, -0.15) is 0 Å². The smallest absolute Gasteiger partial charge is 0.223 e. The van der Waals surface area contributed by atoms with Gasteiger partial charge in [0.15, 0.2) is 0 Å². The minimum absolute atomic E-state index is 0.234. The Morgan fingerprint density at radius 3 is 2.66 bits per heavy atom. The summed E-state index contributed by atoms with van der Waals surface area (Å²) in [6.45, 7) is 3.18. The van der Waals surface area contributed by atoms with Crippen LogP contribution in [-0.2, 0) is 6.42 Å². The minimum Gasteiger partial charge on any atom is -0.492 e. The average Bonchev–Trinajstić information content (AvgIpc) is 2.77. The molecule has 29 heavy (non-hydrogen) atoms. The molecule has 0 spiro atoms. The van der Waals surface area contributed by atoms with Crippen molar-refractivity contribution in [2.24, 2.45) is 5.16 Å². The Kier molecular flexibility index (Phi) is 5.70. The molecule has 6 heteroatoms. The number of nitrogens with zero attached hydrogens (tertiary/aromatic N) is 3. The average molecular weight is 388 g/mol. The summed E-state index contributed by atoms with van der Waals surface area (Å²) in [5.74, 6) is 1.63. The van der Waals surface area contributed by atoms with E-state index in [4.69, 9.17) is 4.74 Å². The Labute approximate surface area is 170 Å². The summed E-state index contributed by atoms with van der Waals surface area (Å²) < 4.78 is 5.69. The quantitative estimate of drug-likeness (QED) is 0.376. The molecule has 6 nitrogen and oxygen atoms in total. The van der Waals surface area contributed by atoms with Crippen molar-refractivity contribution in [3.63, 3.8) is 0 Å². The number of rotatable bonds is 6. The Morgan fingerprint density at radius 1 is 1.10 bits per heavy atom. The van der Waals surface area contributed by atoms with E-state index < -0.39 is 0 Å². The monoisotopic (exact) mass is 388 g/mol. The number of aryl methyl sites for hydroxylation is 1. The van der Waals surface area contributed by atoms with Crippen molar-refractivity contribution in [1.82, 2.24) is 9.97 Å². The number of benzene rings is 2. The third kappa shape index (κ3) is 4.54. The van der Waals surface area contributed by atoms with Crippen LogP contribution in [0.5, 0.6) is 5.75 Å². The molecule has 0 bridgehead atoms. The second kappa shape index (κ2) is 8.73. The summed E-state index contributed by atoms with van der Waals surface area (Å²) in [6.07, 6.45) is 3.20. The molecule has 0 saturated heterocycles. The van der Waals surface area contributed by atoms with Crippen LogP contribution in [0.15, 0.2) is 65.9 Å². The number of nitrogens with one attached hydrogen (secondary N) is 1. The van der Waals surface area contributed by atoms with Gasteiger partial charge in [0, 0.05) is 18.2 Å². The van der Waals surface area contributed by atoms with Crippen LogP contribution in [0.1, 0.15) is 34.7 Å². The van der Waals surface area contributed by atoms with E-state index in [1.165, 1.54) is 11.1 Å². The zero-order valence-electron chi connectivity index (χ0n) is 16.4. The third-order valence-electron chi connectivity index (χ3n) is 5.12. The van der Waals surface area contributed by atoms with Gasteiger partial charge in [-0.1, -0.05) is 53.2 Å². The number of fused-ring (bicyclic) bond motifs is 1. The molecule has 2 aromatic carbocycles. The van der Waals surface area contributed by atoms with Gasteiger partial charge in [-0.25, -0.2) is 9.97 Å². The van der Waals surface area contributed by atoms with Gasteiger partial charge in [0.1, 0.15) is 12.4 Å². The lowest BCUT2D eigenvalue weighted by Crippen LogP contribution is -2.22. The van der Waals surface area contributed by atoms with E-state index in [0.717, 1.165) is 23.4 Å². The first-order chi connectivity index (χ1) is 14.2. The largest absolute Gasteiger partial charge is 0.492 e. The zero-order valence-corrected chi connectivity index (χ0v) is 16.4. The van der Waals surface area contributed by atoms with Crippen molar-refractivity contribution in [2.45, 2.75) is 25.7 Å². The molecule has 0 amide bonds. The van der Waals surface area contributed by atoms with Crippen LogP contribution in [0.2, 0.25) is 0 Å². The van der Waals surface area contributed by atoms with Gasteiger partial charge in [-0.3, -0.25) is 0 Å². The topological polar surface area (TPSA) is 79.6 Å². The number of hydrogen-bond acceptors (Lipinski definition) is 6. The second-order valence-electron chi connectivity index (χ2n) is 7.20. The van der Waals surface area contributed by atoms with E-state index in [1.807, 2.05) is 30.3 Å². The molecule has 1 heterocycles. The highest BCUT2D eigenvalue weighted by Crippen LogP contribution is 2.32. The second-order valence-corrected chi connectivity index (χ2v) is 7.20. The van der Waals surface area contributed by atoms with Crippen LogP contribution in [-0.4, -0.2) is 34.0 Å². The molecule has 148 valence electrons. The molecule has 0 radical (unpaired) electrons. The number of anilines is 1. The molecule has 1 aliphatic rings. The maximum absolute atomic E-state index is 9.50. The van der Waals surface area contributed by atoms with E-state index in [0.29, 0.717) is 31.2 Å². The van der Waals surface area contributed by atoms with Gasteiger partial charge < -0.3 is 15.3 Å². The lowest BCUT2D eigenvalue weighted by molar-refractivity contribution is 0.316. The lowest BCUT2D eigenvalue weighted by Gasteiger charge is -2.25. The fourth-order valence-electron chi connectivity index (χ4n) is 3.57. The first-order valence-corrected chi connectivity index (χ1v) is 9.78. The Morgan fingerprint density at radius 2 is 1.90 bits per heavy atom. The van der Waals surface area contributed by atoms with Crippen molar-refractivity contribution in [3.05, 3.63) is 83.2 Å². The highest BCUT2D eigenvalue weighted by atomic mass is 16.5. The SMILES string of the molecule is Cc1ccc(C2C/C(=N\O)c3cnc(NCCOc4ccccc4)nc3C2)cc1. The zero-order chi connectivity index (χ0) is 20.1. The van der Waals surface area contributed by atoms with Crippen LogP contribution in [0.4, 0.5) is 5.95 Å². The standard InChI is InChI=1S/C23H24N4O2/c1-16-7-9-17(10-8-16)18-13-21-20(22(14-18)27-28)15-25-23(26-21)24-11-12-29-19-5-3-2-4-6-19/h2-10,15,18,28H,11-14H2,1H3,(H,24,25,26)/b27-22+. The van der Waals surface area contributed by atoms with Gasteiger partial charge in [-0.15, -0.1) is 0 Å². The van der Waals surface area contributed by atoms with Gasteiger partial charge in [0.2, 0.25) is 5.95 Å². The number of hydrogen-bond donors (Lipinski definition) is 2. The van der Waals surface area contributed by atoms with Crippen LogP contribution in [0.3, 0.4) is 0 Å². The Bertz CT molecular complexity index is 988. The highest BCUT2D eigenvalue weighted by Gasteiger charge is 2.27. The maximum atomic E-state index is 9.50. The van der Waals surface area contributed by atoms with E-state index in [1.54, 1.807) is 6.20 Å². The summed E-state index contributed by atoms with van der Waals surface area (Å²) in [5, 5.41) is 16.2. The molecule has 0 saturated carbocycles. The van der Waals surface area contributed by atoms with Crippen molar-refractivity contribution < 1.29 is 9.94 Å². The van der Waals surface area contributed by atoms with Crippen molar-refractivity contribution in [3.8, 4) is 5.75 Å². The molecule has 3 aromatic rings. The van der Waals surface area contributed by atoms with Crippen molar-refractivity contribution in [1.29, 1.82) is 0 Å². The van der Waals surface area contributed by atoms with Gasteiger partial charge in [0.25, 0.3) is 0 Å². The molecule has 4 rings (SSSR count). The predicted octanol–water partition coefficient (Wildman–Crippen LogP) is 4.18. The van der Waals surface area contributed by atoms with Crippen LogP contribution >= 0.6 is 0 Å². The molecule has 2 N–H and O–H groups in total. The number of aromatic nitrogens is 2. The fourth-order valence-corrected chi connectivity index (χ4v) is 3.57. The van der Waals surface area contributed by atoms with Crippen LogP contribution in [0, 0.1) is 6.92 Å². The van der Waals surface area contributed by atoms with Crippen LogP contribution < -0.4 is 10.1 Å². The fraction of sp³-hybridized carbons (Fsp3) is 0.261. The summed E-state index contributed by atoms with van der Waals surface area (Å²) in [4.78, 5) is 9.05. The number of para-hydroxylation sites is 1. The molecule has 1 aromatic heterocycles. The molecule has 1 atom stereocenters. The minimum atomic E-state index is 0.234. The number of oxime groups is 1. The Balaban J connectivity index is 1.44. The summed E-state index contributed by atoms with van der Waals surface area (Å²) >= 11 is 0. The van der Waals surface area contributed by atoms with Gasteiger partial charge >= 0.3 is 0 Å². The van der Waals surface area contributed by atoms with Gasteiger partial charge in [0.05, 0.1) is 18.0 Å². The first kappa shape index (κ1) is 18.9. The summed E-state index contributed by atoms with van der Waals surface area (Å²) in [6, 6.07) is 18.2. The van der Waals surface area contributed by atoms with Crippen LogP contribution in [0.25, 0.3) is 0 Å². The number of ether oxygens (including phenoxy) is 1. The molecule has 0 aliphatic heterocycles. The first-order valence-electron chi connectivity index (χ1n) is 9.78. The molecule has 1 unspecified atom stereocenters. The van der Waals surface area contributed by atoms with Crippen molar-refractivity contribution >= 4 is 11.7 Å². The molecular weight excluding hydrogens is 364 g/mol. The van der Waals surface area contributed by atoms with Crippen molar-refractivity contribution in [2.75, 3.05) is 18.5 Å². The van der Waals surface area contributed by atoms with Gasteiger partial charge in [-0.05, 0) is 37.0 Å². The van der Waals surface area contributed by atoms with E-state index in [2.05, 4.69) is 51.6 Å². The highest BCUT2D eigenvalue weighted by molar-refractivity contribution is 6.02. The van der Waals surface area contributed by atoms with E-state index >= 15 is 0 Å². The summed E-state index contributed by atoms with van der Waals surface area (Å²) in [7, 11) is 0. The molecule has 1 aliphatic carbocycles. The normalized spacial score (nSPS) is 17.0. The van der Waals surface area contributed by atoms with E-state index in [9.17, 15) is 5.21 Å². The maximum Gasteiger partial charge on any atom is 0.223 e. The molecular formula is C23H24N4O2. The third-order valence-corrected chi connectivity index (χ3v) is 5.12. The summed E-state index contributed by atoms with van der Waals surface area (Å²) in [5.41, 5.74) is 4.81. The van der Waals surface area contributed by atoms with E-state index in [-0.39, 0.29) is 5.92 Å².